The van der Waals surface area contributed by atoms with E-state index in [1.54, 1.807) is 18.2 Å². The minimum atomic E-state index is -0.291. The van der Waals surface area contributed by atoms with Crippen molar-refractivity contribution in [2.45, 2.75) is 18.8 Å². The van der Waals surface area contributed by atoms with E-state index in [-0.39, 0.29) is 17.6 Å². The van der Waals surface area contributed by atoms with Crippen LogP contribution in [0.5, 0.6) is 0 Å². The maximum absolute atomic E-state index is 13.0. The molecule has 0 spiro atoms. The fraction of sp³-hybridized carbons (Fsp3) is 0.278. The zero-order valence-corrected chi connectivity index (χ0v) is 13.5. The number of carbonyl (C=O) groups is 1. The van der Waals surface area contributed by atoms with Crippen molar-refractivity contribution in [2.75, 3.05) is 13.1 Å². The number of carbonyl (C=O) groups excluding carboxylic acids is 1. The predicted molar refractivity (Wildman–Crippen MR) is 88.4 cm³/mol. The molecule has 1 aromatic carbocycles. The molecular formula is C18H17FN4O2. The summed E-state index contributed by atoms with van der Waals surface area (Å²) in [5, 5.41) is 7.21. The lowest BCUT2D eigenvalue weighted by molar-refractivity contribution is 0.0704. The number of aromatic amines is 1. The molecule has 0 unspecified atom stereocenters. The summed E-state index contributed by atoms with van der Waals surface area (Å²) in [6.45, 7) is 1.31. The largest absolute Gasteiger partial charge is 0.472 e. The number of aromatic nitrogens is 3. The number of piperidine rings is 1. The summed E-state index contributed by atoms with van der Waals surface area (Å²) in [7, 11) is 0. The van der Waals surface area contributed by atoms with E-state index >= 15 is 0 Å². The highest BCUT2D eigenvalue weighted by molar-refractivity contribution is 5.93. The summed E-state index contributed by atoms with van der Waals surface area (Å²) in [5.41, 5.74) is 1.32. The molecule has 0 saturated carbocycles. The first-order chi connectivity index (χ1) is 12.2. The Morgan fingerprint density at radius 1 is 1.28 bits per heavy atom. The molecular weight excluding hydrogens is 323 g/mol. The Hall–Kier alpha value is -2.96. The second kappa shape index (κ2) is 6.51. The van der Waals surface area contributed by atoms with E-state index < -0.39 is 0 Å². The predicted octanol–water partition coefficient (Wildman–Crippen LogP) is 3.22. The van der Waals surface area contributed by atoms with Crippen molar-refractivity contribution >= 4 is 5.91 Å². The normalized spacial score (nSPS) is 17.6. The van der Waals surface area contributed by atoms with Crippen molar-refractivity contribution in [2.24, 2.45) is 0 Å². The number of hydrogen-bond acceptors (Lipinski definition) is 4. The molecule has 4 rings (SSSR count). The summed E-state index contributed by atoms with van der Waals surface area (Å²) in [6, 6.07) is 7.75. The van der Waals surface area contributed by atoms with Gasteiger partial charge in [0.15, 0.2) is 5.82 Å². The van der Waals surface area contributed by atoms with Crippen LogP contribution in [0.2, 0.25) is 0 Å². The van der Waals surface area contributed by atoms with Crippen LogP contribution >= 0.6 is 0 Å². The Morgan fingerprint density at radius 3 is 2.88 bits per heavy atom. The molecule has 1 aliphatic rings. The molecule has 1 fully saturated rings. The summed E-state index contributed by atoms with van der Waals surface area (Å²) < 4.78 is 18.0. The van der Waals surface area contributed by atoms with Crippen molar-refractivity contribution in [3.63, 3.8) is 0 Å². The van der Waals surface area contributed by atoms with Gasteiger partial charge >= 0.3 is 0 Å². The van der Waals surface area contributed by atoms with Gasteiger partial charge in [-0.15, -0.1) is 0 Å². The lowest BCUT2D eigenvalue weighted by Gasteiger charge is -2.31. The second-order valence-electron chi connectivity index (χ2n) is 6.15. The van der Waals surface area contributed by atoms with Crippen molar-refractivity contribution < 1.29 is 13.6 Å². The Bertz CT molecular complexity index is 858. The molecule has 1 N–H and O–H groups in total. The Labute approximate surface area is 143 Å². The molecule has 6 nitrogen and oxygen atoms in total. The van der Waals surface area contributed by atoms with Crippen LogP contribution in [0.15, 0.2) is 47.3 Å². The highest BCUT2D eigenvalue weighted by Gasteiger charge is 2.28. The number of hydrogen-bond donors (Lipinski definition) is 1. The smallest absolute Gasteiger partial charge is 0.257 e. The van der Waals surface area contributed by atoms with Crippen LogP contribution in [0, 0.1) is 5.82 Å². The van der Waals surface area contributed by atoms with Crippen LogP contribution < -0.4 is 0 Å². The number of nitrogens with one attached hydrogen (secondary N) is 1. The number of H-pyrrole nitrogens is 1. The second-order valence-corrected chi connectivity index (χ2v) is 6.15. The number of benzene rings is 1. The van der Waals surface area contributed by atoms with Crippen molar-refractivity contribution in [1.82, 2.24) is 20.1 Å². The van der Waals surface area contributed by atoms with Crippen LogP contribution in [0.25, 0.3) is 11.4 Å². The number of amides is 1. The van der Waals surface area contributed by atoms with Crippen LogP contribution in [0.1, 0.15) is 34.9 Å². The van der Waals surface area contributed by atoms with Gasteiger partial charge in [-0.2, -0.15) is 5.10 Å². The van der Waals surface area contributed by atoms with E-state index in [4.69, 9.17) is 4.42 Å². The first-order valence-corrected chi connectivity index (χ1v) is 8.20. The Kier molecular flexibility index (Phi) is 4.05. The molecule has 1 amide bonds. The molecule has 3 aromatic rings. The summed E-state index contributed by atoms with van der Waals surface area (Å²) in [4.78, 5) is 18.8. The van der Waals surface area contributed by atoms with Crippen molar-refractivity contribution in [3.8, 4) is 11.4 Å². The van der Waals surface area contributed by atoms with E-state index in [0.717, 1.165) is 30.8 Å². The van der Waals surface area contributed by atoms with Crippen LogP contribution in [-0.4, -0.2) is 39.1 Å². The van der Waals surface area contributed by atoms with Gasteiger partial charge in [-0.25, -0.2) is 9.37 Å². The van der Waals surface area contributed by atoms with Gasteiger partial charge in [0, 0.05) is 24.6 Å². The van der Waals surface area contributed by atoms with E-state index in [9.17, 15) is 9.18 Å². The van der Waals surface area contributed by atoms with Gasteiger partial charge in [0.1, 0.15) is 17.9 Å². The van der Waals surface area contributed by atoms with Gasteiger partial charge in [-0.3, -0.25) is 9.89 Å². The first kappa shape index (κ1) is 15.6. The summed E-state index contributed by atoms with van der Waals surface area (Å²) >= 11 is 0. The maximum atomic E-state index is 13.0. The molecule has 2 aromatic heterocycles. The molecule has 0 aliphatic carbocycles. The quantitative estimate of drug-likeness (QED) is 0.794. The topological polar surface area (TPSA) is 75.0 Å². The number of likely N-dealkylation sites (tertiary alicyclic amines) is 1. The third-order valence-electron chi connectivity index (χ3n) is 4.47. The fourth-order valence-electron chi connectivity index (χ4n) is 3.14. The molecule has 0 bridgehead atoms. The SMILES string of the molecule is O=C(c1ccoc1)N1CCC[C@H](c2nc(-c3ccc(F)cc3)n[nH]2)C1. The number of furan rings is 1. The van der Waals surface area contributed by atoms with Crippen molar-refractivity contribution in [3.05, 3.63) is 60.1 Å². The molecule has 7 heteroatoms. The van der Waals surface area contributed by atoms with Gasteiger partial charge in [0.05, 0.1) is 11.8 Å². The number of rotatable bonds is 3. The lowest BCUT2D eigenvalue weighted by Crippen LogP contribution is -2.39. The Morgan fingerprint density at radius 2 is 2.12 bits per heavy atom. The van der Waals surface area contributed by atoms with Crippen LogP contribution in [0.4, 0.5) is 4.39 Å². The zero-order valence-electron chi connectivity index (χ0n) is 13.5. The minimum Gasteiger partial charge on any atom is -0.472 e. The van der Waals surface area contributed by atoms with Gasteiger partial charge in [-0.1, -0.05) is 0 Å². The maximum Gasteiger partial charge on any atom is 0.257 e. The van der Waals surface area contributed by atoms with Gasteiger partial charge in [0.25, 0.3) is 5.91 Å². The average molecular weight is 340 g/mol. The molecule has 1 saturated heterocycles. The Balaban J connectivity index is 1.50. The van der Waals surface area contributed by atoms with E-state index in [1.165, 1.54) is 24.7 Å². The number of nitrogens with zero attached hydrogens (tertiary/aromatic N) is 3. The molecule has 1 aliphatic heterocycles. The molecule has 3 heterocycles. The van der Waals surface area contributed by atoms with E-state index in [1.807, 2.05) is 4.90 Å². The molecule has 0 radical (unpaired) electrons. The molecule has 25 heavy (non-hydrogen) atoms. The summed E-state index contributed by atoms with van der Waals surface area (Å²) in [6.07, 6.45) is 4.81. The lowest BCUT2D eigenvalue weighted by atomic mass is 9.97. The van der Waals surface area contributed by atoms with Gasteiger partial charge in [0.2, 0.25) is 0 Å². The monoisotopic (exact) mass is 340 g/mol. The van der Waals surface area contributed by atoms with Crippen LogP contribution in [-0.2, 0) is 0 Å². The van der Waals surface area contributed by atoms with E-state index in [2.05, 4.69) is 15.2 Å². The number of halogens is 1. The average Bonchev–Trinajstić information content (AvgIpc) is 3.34. The van der Waals surface area contributed by atoms with E-state index in [0.29, 0.717) is 17.9 Å². The summed E-state index contributed by atoms with van der Waals surface area (Å²) in [5.74, 6) is 1.07. The molecule has 1 atom stereocenters. The van der Waals surface area contributed by atoms with Gasteiger partial charge in [-0.05, 0) is 43.2 Å². The molecule has 128 valence electrons. The first-order valence-electron chi connectivity index (χ1n) is 8.20. The standard InChI is InChI=1S/C18H17FN4O2/c19-15-5-3-12(4-6-15)16-20-17(22-21-16)13-2-1-8-23(10-13)18(24)14-7-9-25-11-14/h3-7,9,11,13H,1-2,8,10H2,(H,20,21,22)/t13-/m0/s1. The highest BCUT2D eigenvalue weighted by Crippen LogP contribution is 2.27. The highest BCUT2D eigenvalue weighted by atomic mass is 19.1. The third kappa shape index (κ3) is 3.17. The zero-order chi connectivity index (χ0) is 17.2. The minimum absolute atomic E-state index is 0.0308. The van der Waals surface area contributed by atoms with Crippen LogP contribution in [0.3, 0.4) is 0 Å². The fourth-order valence-corrected chi connectivity index (χ4v) is 3.14. The third-order valence-corrected chi connectivity index (χ3v) is 4.47. The van der Waals surface area contributed by atoms with Crippen molar-refractivity contribution in [1.29, 1.82) is 0 Å². The van der Waals surface area contributed by atoms with Gasteiger partial charge < -0.3 is 9.32 Å².